The number of halogens is 3. The first-order valence-corrected chi connectivity index (χ1v) is 10.2. The van der Waals surface area contributed by atoms with Gasteiger partial charge in [0.2, 0.25) is 0 Å². The molecule has 0 spiro atoms. The van der Waals surface area contributed by atoms with Gasteiger partial charge in [-0.15, -0.1) is 0 Å². The Morgan fingerprint density at radius 1 is 0.656 bits per heavy atom. The Morgan fingerprint density at radius 3 is 2.03 bits per heavy atom. The van der Waals surface area contributed by atoms with Crippen LogP contribution in [-0.4, -0.2) is 4.98 Å². The van der Waals surface area contributed by atoms with Crippen molar-refractivity contribution in [3.05, 3.63) is 126 Å². The maximum atomic E-state index is 13.5. The summed E-state index contributed by atoms with van der Waals surface area (Å²) < 4.78 is 40.5. The lowest BCUT2D eigenvalue weighted by atomic mass is 9.93. The smallest absolute Gasteiger partial charge is 0.247 e. The second kappa shape index (κ2) is 7.97. The van der Waals surface area contributed by atoms with Crippen LogP contribution >= 0.6 is 0 Å². The molecule has 0 unspecified atom stereocenters. The van der Waals surface area contributed by atoms with Crippen LogP contribution in [0.25, 0.3) is 33.3 Å². The number of benzene rings is 4. The molecule has 4 heteroatoms. The molecule has 0 fully saturated rings. The zero-order chi connectivity index (χ0) is 22.1. The zero-order valence-corrected chi connectivity index (χ0v) is 17.0. The van der Waals surface area contributed by atoms with Gasteiger partial charge in [-0.1, -0.05) is 84.9 Å². The van der Waals surface area contributed by atoms with Crippen LogP contribution < -0.4 is 0 Å². The molecule has 1 aromatic heterocycles. The molecule has 0 N–H and O–H groups in total. The standard InChI is InChI=1S/C28H18F3N/c29-28(30,31)21-15-16-23-25(18-21)22-13-7-8-14-26(22)32-27(23)24(20-11-5-2-6-12-20)17-19-9-3-1-4-10-19/h1-18H/b24-17+. The maximum Gasteiger partial charge on any atom is 0.416 e. The summed E-state index contributed by atoms with van der Waals surface area (Å²) in [5.41, 5.74) is 3.43. The fraction of sp³-hybridized carbons (Fsp3) is 0.0357. The van der Waals surface area contributed by atoms with Crippen molar-refractivity contribution in [3.8, 4) is 0 Å². The largest absolute Gasteiger partial charge is 0.416 e. The van der Waals surface area contributed by atoms with Gasteiger partial charge >= 0.3 is 6.18 Å². The molecule has 0 atom stereocenters. The summed E-state index contributed by atoms with van der Waals surface area (Å²) in [6, 6.07) is 30.9. The molecule has 0 aliphatic carbocycles. The summed E-state index contributed by atoms with van der Waals surface area (Å²) in [4.78, 5) is 4.92. The molecule has 4 aromatic carbocycles. The molecule has 1 nitrogen and oxygen atoms in total. The highest BCUT2D eigenvalue weighted by Gasteiger charge is 2.31. The summed E-state index contributed by atoms with van der Waals surface area (Å²) in [5, 5.41) is 1.92. The number of aromatic nitrogens is 1. The molecule has 5 aromatic rings. The van der Waals surface area contributed by atoms with Crippen LogP contribution in [0, 0.1) is 0 Å². The van der Waals surface area contributed by atoms with E-state index in [9.17, 15) is 13.2 Å². The first-order valence-electron chi connectivity index (χ1n) is 10.2. The van der Waals surface area contributed by atoms with Gasteiger partial charge in [0, 0.05) is 16.3 Å². The first-order chi connectivity index (χ1) is 15.5. The van der Waals surface area contributed by atoms with Crippen molar-refractivity contribution >= 4 is 33.3 Å². The van der Waals surface area contributed by atoms with Gasteiger partial charge in [-0.05, 0) is 40.8 Å². The van der Waals surface area contributed by atoms with Crippen LogP contribution in [0.2, 0.25) is 0 Å². The molecular weight excluding hydrogens is 407 g/mol. The van der Waals surface area contributed by atoms with Crippen LogP contribution in [0.3, 0.4) is 0 Å². The Morgan fingerprint density at radius 2 is 1.31 bits per heavy atom. The van der Waals surface area contributed by atoms with E-state index in [1.807, 2.05) is 91.0 Å². The van der Waals surface area contributed by atoms with Crippen LogP contribution in [0.15, 0.2) is 103 Å². The number of pyridine rings is 1. The second-order valence-electron chi connectivity index (χ2n) is 7.57. The topological polar surface area (TPSA) is 12.9 Å². The van der Waals surface area contributed by atoms with E-state index in [1.54, 1.807) is 0 Å². The van der Waals surface area contributed by atoms with Crippen molar-refractivity contribution in [1.82, 2.24) is 4.98 Å². The molecule has 5 rings (SSSR count). The first kappa shape index (κ1) is 20.0. The van der Waals surface area contributed by atoms with Gasteiger partial charge in [-0.3, -0.25) is 0 Å². The number of fused-ring (bicyclic) bond motifs is 3. The van der Waals surface area contributed by atoms with E-state index >= 15 is 0 Å². The average Bonchev–Trinajstić information content (AvgIpc) is 2.82. The molecule has 0 amide bonds. The maximum absolute atomic E-state index is 13.5. The fourth-order valence-electron chi connectivity index (χ4n) is 3.96. The molecule has 0 saturated carbocycles. The summed E-state index contributed by atoms with van der Waals surface area (Å²) in [5.74, 6) is 0. The van der Waals surface area contributed by atoms with Gasteiger partial charge in [0.1, 0.15) is 0 Å². The fourth-order valence-corrected chi connectivity index (χ4v) is 3.96. The van der Waals surface area contributed by atoms with Gasteiger partial charge in [0.25, 0.3) is 0 Å². The Kier molecular flexibility index (Phi) is 4.98. The van der Waals surface area contributed by atoms with Gasteiger partial charge in [-0.25, -0.2) is 4.98 Å². The van der Waals surface area contributed by atoms with Crippen LogP contribution in [-0.2, 0) is 6.18 Å². The molecule has 0 saturated heterocycles. The number of rotatable bonds is 3. The van der Waals surface area contributed by atoms with Crippen molar-refractivity contribution in [2.45, 2.75) is 6.18 Å². The van der Waals surface area contributed by atoms with Crippen LogP contribution in [0.1, 0.15) is 22.4 Å². The zero-order valence-electron chi connectivity index (χ0n) is 17.0. The Bertz CT molecular complexity index is 1440. The number of nitrogens with zero attached hydrogens (tertiary/aromatic N) is 1. The average molecular weight is 425 g/mol. The highest BCUT2D eigenvalue weighted by Crippen LogP contribution is 2.37. The lowest BCUT2D eigenvalue weighted by molar-refractivity contribution is -0.137. The lowest BCUT2D eigenvalue weighted by Crippen LogP contribution is -2.05. The molecule has 156 valence electrons. The van der Waals surface area contributed by atoms with Crippen molar-refractivity contribution in [1.29, 1.82) is 0 Å². The number of para-hydroxylation sites is 1. The third kappa shape index (κ3) is 3.76. The monoisotopic (exact) mass is 425 g/mol. The second-order valence-corrected chi connectivity index (χ2v) is 7.57. The molecule has 0 bridgehead atoms. The van der Waals surface area contributed by atoms with E-state index < -0.39 is 11.7 Å². The van der Waals surface area contributed by atoms with Gasteiger partial charge in [-0.2, -0.15) is 13.2 Å². The molecule has 1 heterocycles. The SMILES string of the molecule is FC(F)(F)c1ccc2c(/C(=C/c3ccccc3)c3ccccc3)nc3ccccc3c2c1. The van der Waals surface area contributed by atoms with Crippen LogP contribution in [0.5, 0.6) is 0 Å². The lowest BCUT2D eigenvalue weighted by Gasteiger charge is -2.15. The Hall–Kier alpha value is -3.92. The van der Waals surface area contributed by atoms with Crippen molar-refractivity contribution in [3.63, 3.8) is 0 Å². The number of hydrogen-bond donors (Lipinski definition) is 0. The molecule has 0 aliphatic heterocycles. The van der Waals surface area contributed by atoms with Crippen molar-refractivity contribution in [2.75, 3.05) is 0 Å². The summed E-state index contributed by atoms with van der Waals surface area (Å²) in [6.07, 6.45) is -2.38. The van der Waals surface area contributed by atoms with E-state index in [-0.39, 0.29) is 0 Å². The third-order valence-corrected chi connectivity index (χ3v) is 5.48. The highest BCUT2D eigenvalue weighted by atomic mass is 19.4. The highest BCUT2D eigenvalue weighted by molar-refractivity contribution is 6.12. The van der Waals surface area contributed by atoms with E-state index in [4.69, 9.17) is 4.98 Å². The van der Waals surface area contributed by atoms with Gasteiger partial charge < -0.3 is 0 Å². The van der Waals surface area contributed by atoms with Gasteiger partial charge in [0.15, 0.2) is 0 Å². The van der Waals surface area contributed by atoms with E-state index in [2.05, 4.69) is 0 Å². The molecule has 32 heavy (non-hydrogen) atoms. The Balaban J connectivity index is 1.87. The van der Waals surface area contributed by atoms with E-state index in [1.165, 1.54) is 12.1 Å². The van der Waals surface area contributed by atoms with Crippen LogP contribution in [0.4, 0.5) is 13.2 Å². The molecule has 0 aliphatic rings. The minimum atomic E-state index is -4.42. The molecular formula is C28H18F3N. The van der Waals surface area contributed by atoms with E-state index in [0.717, 1.165) is 22.8 Å². The van der Waals surface area contributed by atoms with E-state index in [0.29, 0.717) is 27.4 Å². The van der Waals surface area contributed by atoms with Crippen molar-refractivity contribution < 1.29 is 13.2 Å². The third-order valence-electron chi connectivity index (χ3n) is 5.48. The number of alkyl halides is 3. The summed E-state index contributed by atoms with van der Waals surface area (Å²) in [6.45, 7) is 0. The summed E-state index contributed by atoms with van der Waals surface area (Å²) >= 11 is 0. The normalized spacial score (nSPS) is 12.4. The van der Waals surface area contributed by atoms with Crippen molar-refractivity contribution in [2.24, 2.45) is 0 Å². The molecule has 0 radical (unpaired) electrons. The quantitative estimate of drug-likeness (QED) is 0.211. The predicted molar refractivity (Wildman–Crippen MR) is 124 cm³/mol. The number of hydrogen-bond acceptors (Lipinski definition) is 1. The minimum Gasteiger partial charge on any atom is -0.247 e. The predicted octanol–water partition coefficient (Wildman–Crippen LogP) is 8.00. The van der Waals surface area contributed by atoms with Gasteiger partial charge in [0.05, 0.1) is 16.8 Å². The minimum absolute atomic E-state index is 0.537. The Labute approximate surface area is 183 Å². The summed E-state index contributed by atoms with van der Waals surface area (Å²) in [7, 11) is 0.